The quantitative estimate of drug-likeness (QED) is 0.0596. The lowest BCUT2D eigenvalue weighted by Gasteiger charge is -2.09. The van der Waals surface area contributed by atoms with Gasteiger partial charge in [0.1, 0.15) is 6.61 Å². The normalized spacial score (nSPS) is 11.2. The Labute approximate surface area is 184 Å². The number of unbranched alkanes of at least 4 members (excludes halogenated alkanes) is 8. The van der Waals surface area contributed by atoms with Gasteiger partial charge in [0.2, 0.25) is 34.8 Å². The van der Waals surface area contributed by atoms with E-state index in [2.05, 4.69) is 17.4 Å². The fourth-order valence-corrected chi connectivity index (χ4v) is 2.97. The maximum absolute atomic E-state index is 13.4. The van der Waals surface area contributed by atoms with Crippen molar-refractivity contribution in [1.29, 1.82) is 0 Å². The molecule has 1 aromatic carbocycles. The largest absolute Gasteiger partial charge is 0.418 e. The van der Waals surface area contributed by atoms with Crippen LogP contribution in [0.4, 0.5) is 22.0 Å². The number of thiol groups is 1. The second-order valence-electron chi connectivity index (χ2n) is 6.94. The fraction of sp³-hybridized carbons (Fsp3) is 0.667. The average Bonchev–Trinajstić information content (AvgIpc) is 2.76. The molecule has 0 amide bonds. The molecule has 0 heterocycles. The number of hydrogen-bond acceptors (Lipinski definition) is 5. The number of hydrogen-bond donors (Lipinski definition) is 1. The van der Waals surface area contributed by atoms with Crippen LogP contribution >= 0.6 is 12.6 Å². The predicted molar refractivity (Wildman–Crippen MR) is 109 cm³/mol. The average molecular weight is 473 g/mol. The highest BCUT2D eigenvalue weighted by molar-refractivity contribution is 7.80. The van der Waals surface area contributed by atoms with Crippen LogP contribution in [0.25, 0.3) is 0 Å². The standard InChI is InChI=1S/C21H29F5O4S/c22-16-17(23)19(25)21(20(26)18(16)24)30-15(27)14-29-12-11-28-10-8-6-4-2-1-3-5-7-9-13-31/h31H,1-14H2. The second kappa shape index (κ2) is 16.3. The summed E-state index contributed by atoms with van der Waals surface area (Å²) in [5.41, 5.74) is 0. The fourth-order valence-electron chi connectivity index (χ4n) is 2.75. The van der Waals surface area contributed by atoms with Gasteiger partial charge in [-0.3, -0.25) is 0 Å². The number of carbonyl (C=O) groups excluding carboxylic acids is 1. The lowest BCUT2D eigenvalue weighted by Crippen LogP contribution is -2.20. The van der Waals surface area contributed by atoms with E-state index in [1.54, 1.807) is 0 Å². The molecular formula is C21H29F5O4S. The summed E-state index contributed by atoms with van der Waals surface area (Å²) in [7, 11) is 0. The first kappa shape index (κ1) is 27.6. The van der Waals surface area contributed by atoms with E-state index < -0.39 is 47.4 Å². The van der Waals surface area contributed by atoms with Gasteiger partial charge in [0.15, 0.2) is 0 Å². The summed E-state index contributed by atoms with van der Waals surface area (Å²) >= 11 is 4.18. The van der Waals surface area contributed by atoms with Gasteiger partial charge in [-0.15, -0.1) is 0 Å². The highest BCUT2D eigenvalue weighted by Crippen LogP contribution is 2.29. The number of ether oxygens (including phenoxy) is 3. The van der Waals surface area contributed by atoms with Gasteiger partial charge in [0.05, 0.1) is 13.2 Å². The van der Waals surface area contributed by atoms with Gasteiger partial charge in [0, 0.05) is 6.61 Å². The van der Waals surface area contributed by atoms with Crippen LogP contribution in [0, 0.1) is 29.1 Å². The zero-order valence-electron chi connectivity index (χ0n) is 17.4. The number of benzene rings is 1. The summed E-state index contributed by atoms with van der Waals surface area (Å²) in [6, 6.07) is 0. The van der Waals surface area contributed by atoms with Crippen molar-refractivity contribution in [1.82, 2.24) is 0 Å². The number of esters is 1. The van der Waals surface area contributed by atoms with Crippen molar-refractivity contribution in [2.24, 2.45) is 0 Å². The molecule has 4 nitrogen and oxygen atoms in total. The van der Waals surface area contributed by atoms with E-state index in [1.165, 1.54) is 38.5 Å². The third kappa shape index (κ3) is 10.7. The van der Waals surface area contributed by atoms with Crippen molar-refractivity contribution >= 4 is 18.6 Å². The Balaban J connectivity index is 2.05. The van der Waals surface area contributed by atoms with Crippen LogP contribution in [-0.2, 0) is 14.3 Å². The molecule has 0 aliphatic rings. The smallest absolute Gasteiger partial charge is 0.337 e. The third-order valence-electron chi connectivity index (χ3n) is 4.42. The van der Waals surface area contributed by atoms with Crippen LogP contribution < -0.4 is 4.74 Å². The molecule has 10 heteroatoms. The SMILES string of the molecule is O=C(COCCOCCCCCCCCCCCS)Oc1c(F)c(F)c(F)c(F)c1F. The molecule has 0 aromatic heterocycles. The van der Waals surface area contributed by atoms with Crippen LogP contribution in [0.2, 0.25) is 0 Å². The second-order valence-corrected chi connectivity index (χ2v) is 7.39. The first-order valence-corrected chi connectivity index (χ1v) is 11.0. The molecular weight excluding hydrogens is 443 g/mol. The van der Waals surface area contributed by atoms with E-state index in [9.17, 15) is 26.7 Å². The van der Waals surface area contributed by atoms with Gasteiger partial charge >= 0.3 is 5.97 Å². The van der Waals surface area contributed by atoms with Crippen molar-refractivity contribution in [2.75, 3.05) is 32.2 Å². The van der Waals surface area contributed by atoms with Gasteiger partial charge in [0.25, 0.3) is 0 Å². The van der Waals surface area contributed by atoms with Crippen molar-refractivity contribution in [3.05, 3.63) is 29.1 Å². The summed E-state index contributed by atoms with van der Waals surface area (Å²) in [5.74, 6) is -13.2. The predicted octanol–water partition coefficient (Wildman–Crippen LogP) is 5.76. The Bertz CT molecular complexity index is 647. The minimum Gasteiger partial charge on any atom is -0.418 e. The maximum atomic E-state index is 13.4. The molecule has 0 unspecified atom stereocenters. The van der Waals surface area contributed by atoms with Crippen LogP contribution in [0.3, 0.4) is 0 Å². The Morgan fingerprint density at radius 2 is 1.06 bits per heavy atom. The van der Waals surface area contributed by atoms with E-state index in [4.69, 9.17) is 9.47 Å². The highest BCUT2D eigenvalue weighted by Gasteiger charge is 2.28. The van der Waals surface area contributed by atoms with Gasteiger partial charge in [-0.05, 0) is 18.6 Å². The molecule has 0 aliphatic heterocycles. The van der Waals surface area contributed by atoms with Crippen molar-refractivity contribution in [2.45, 2.75) is 57.8 Å². The van der Waals surface area contributed by atoms with E-state index in [0.29, 0.717) is 6.61 Å². The van der Waals surface area contributed by atoms with E-state index in [1.807, 2.05) is 0 Å². The molecule has 0 radical (unpaired) electrons. The number of carbonyl (C=O) groups is 1. The van der Waals surface area contributed by atoms with Crippen LogP contribution in [0.5, 0.6) is 5.75 Å². The van der Waals surface area contributed by atoms with Crippen LogP contribution in [0.1, 0.15) is 57.8 Å². The Morgan fingerprint density at radius 3 is 1.61 bits per heavy atom. The minimum atomic E-state index is -2.33. The Kier molecular flexibility index (Phi) is 14.5. The van der Waals surface area contributed by atoms with E-state index >= 15 is 0 Å². The molecule has 1 aromatic rings. The summed E-state index contributed by atoms with van der Waals surface area (Å²) in [6.45, 7) is 0.0244. The van der Waals surface area contributed by atoms with Crippen LogP contribution in [-0.4, -0.2) is 38.1 Å². The van der Waals surface area contributed by atoms with E-state index in [0.717, 1.165) is 25.0 Å². The summed E-state index contributed by atoms with van der Waals surface area (Å²) in [6.07, 6.45) is 10.5. The van der Waals surface area contributed by atoms with Crippen molar-refractivity contribution in [3.8, 4) is 5.75 Å². The van der Waals surface area contributed by atoms with Crippen molar-refractivity contribution in [3.63, 3.8) is 0 Å². The molecule has 31 heavy (non-hydrogen) atoms. The lowest BCUT2D eigenvalue weighted by molar-refractivity contribution is -0.140. The highest BCUT2D eigenvalue weighted by atomic mass is 32.1. The number of rotatable bonds is 17. The molecule has 0 saturated heterocycles. The molecule has 0 N–H and O–H groups in total. The zero-order chi connectivity index (χ0) is 23.1. The summed E-state index contributed by atoms with van der Waals surface area (Å²) in [4.78, 5) is 11.5. The van der Waals surface area contributed by atoms with Gasteiger partial charge in [-0.25, -0.2) is 18.0 Å². The molecule has 0 saturated carbocycles. The van der Waals surface area contributed by atoms with Crippen molar-refractivity contribution < 1.29 is 41.0 Å². The van der Waals surface area contributed by atoms with Gasteiger partial charge in [-0.2, -0.15) is 21.4 Å². The molecule has 0 atom stereocenters. The zero-order valence-corrected chi connectivity index (χ0v) is 18.3. The first-order chi connectivity index (χ1) is 14.9. The lowest BCUT2D eigenvalue weighted by atomic mass is 10.1. The molecule has 0 bridgehead atoms. The Morgan fingerprint density at radius 1 is 0.613 bits per heavy atom. The van der Waals surface area contributed by atoms with Gasteiger partial charge in [-0.1, -0.05) is 44.9 Å². The molecule has 1 rings (SSSR count). The summed E-state index contributed by atoms with van der Waals surface area (Å²) < 4.78 is 80.3. The number of halogens is 5. The first-order valence-electron chi connectivity index (χ1n) is 10.4. The topological polar surface area (TPSA) is 44.8 Å². The minimum absolute atomic E-state index is 0.0124. The summed E-state index contributed by atoms with van der Waals surface area (Å²) in [5, 5.41) is 0. The van der Waals surface area contributed by atoms with Crippen LogP contribution in [0.15, 0.2) is 0 Å². The molecule has 178 valence electrons. The molecule has 0 spiro atoms. The monoisotopic (exact) mass is 472 g/mol. The third-order valence-corrected chi connectivity index (χ3v) is 4.74. The molecule has 0 fully saturated rings. The van der Waals surface area contributed by atoms with Gasteiger partial charge < -0.3 is 14.2 Å². The maximum Gasteiger partial charge on any atom is 0.337 e. The van der Waals surface area contributed by atoms with E-state index in [-0.39, 0.29) is 13.2 Å². The Hall–Kier alpha value is -1.39. The molecule has 0 aliphatic carbocycles.